The van der Waals surface area contributed by atoms with Gasteiger partial charge in [-0.2, -0.15) is 13.5 Å². The van der Waals surface area contributed by atoms with Gasteiger partial charge in [0, 0.05) is 44.4 Å². The van der Waals surface area contributed by atoms with Gasteiger partial charge >= 0.3 is 17.6 Å². The van der Waals surface area contributed by atoms with E-state index >= 15 is 0 Å². The molecule has 0 rings (SSSR count). The summed E-state index contributed by atoms with van der Waals surface area (Å²) in [6.45, 7) is 0. The first kappa shape index (κ1) is 33.1. The molecule has 4 heteroatoms. The molecule has 0 amide bonds. The maximum atomic E-state index is 0. The molecule has 0 aliphatic rings. The summed E-state index contributed by atoms with van der Waals surface area (Å²) in [6, 6.07) is 0. The van der Waals surface area contributed by atoms with E-state index in [1.165, 1.54) is 0 Å². The van der Waals surface area contributed by atoms with Gasteiger partial charge in [0.1, 0.15) is 0 Å². The molecule has 0 spiro atoms. The molecule has 0 heterocycles. The van der Waals surface area contributed by atoms with Crippen LogP contribution in [0.3, 0.4) is 0 Å². The van der Waals surface area contributed by atoms with Gasteiger partial charge in [-0.05, 0) is 0 Å². The van der Waals surface area contributed by atoms with Crippen LogP contribution in [-0.2, 0) is 44.4 Å². The quantitative estimate of drug-likeness (QED) is 0.484. The van der Waals surface area contributed by atoms with Crippen molar-refractivity contribution in [1.82, 2.24) is 0 Å². The molecule has 29 valence electrons. The molecular weight excluding hydrogens is 281 g/mol. The first-order valence-electron chi connectivity index (χ1n) is 0. The average Bonchev–Trinajstić information content (AvgIpc) is 0. The van der Waals surface area contributed by atoms with E-state index in [9.17, 15) is 0 Å². The summed E-state index contributed by atoms with van der Waals surface area (Å²) in [4.78, 5) is 0. The summed E-state index contributed by atoms with van der Waals surface area (Å²) in [5.74, 6) is 0. The van der Waals surface area contributed by atoms with E-state index in [2.05, 4.69) is 0 Å². The van der Waals surface area contributed by atoms with Gasteiger partial charge in [-0.3, -0.25) is 0 Å². The Kier molecular flexibility index (Phi) is 152. The number of hydrogen-bond acceptors (Lipinski definition) is 0. The first-order chi connectivity index (χ1) is 0. The van der Waals surface area contributed by atoms with Crippen LogP contribution in [0.15, 0.2) is 0 Å². The Hall–Kier alpha value is 2.33. The van der Waals surface area contributed by atoms with E-state index < -0.39 is 0 Å². The molecule has 0 aliphatic heterocycles. The van der Waals surface area contributed by atoms with E-state index in [0.29, 0.717) is 0 Å². The van der Waals surface area contributed by atoms with Crippen molar-refractivity contribution in [2.75, 3.05) is 0 Å². The molecule has 0 nitrogen and oxygen atoms in total. The molecule has 4 heavy (non-hydrogen) atoms. The molecule has 1 radical (unpaired) electrons. The Morgan fingerprint density at radius 2 is 1.00 bits per heavy atom. The molecule has 0 aromatic rings. The summed E-state index contributed by atoms with van der Waals surface area (Å²) in [5.41, 5.74) is 0. The molecule has 0 unspecified atom stereocenters. The van der Waals surface area contributed by atoms with Crippen LogP contribution in [0.2, 0.25) is 0 Å². The third kappa shape index (κ3) is 8.84. The molecule has 0 aromatic carbocycles. The first-order valence-corrected chi connectivity index (χ1v) is 0. The Morgan fingerprint density at radius 1 is 1.00 bits per heavy atom. The average molecular weight is 287 g/mol. The van der Waals surface area contributed by atoms with E-state index in [0.717, 1.165) is 0 Å². The van der Waals surface area contributed by atoms with Gasteiger partial charge in [-0.25, -0.2) is 0 Å². The minimum atomic E-state index is 0. The van der Waals surface area contributed by atoms with Crippen molar-refractivity contribution < 1.29 is 44.4 Å². The Morgan fingerprint density at radius 3 is 1.00 bits per heavy atom. The van der Waals surface area contributed by atoms with Crippen molar-refractivity contribution in [2.45, 2.75) is 0 Å². The topological polar surface area (TPSA) is 0 Å². The zero-order valence-electron chi connectivity index (χ0n) is 1.51. The summed E-state index contributed by atoms with van der Waals surface area (Å²) in [6.07, 6.45) is 0. The molecule has 0 saturated carbocycles. The Balaban J connectivity index is 0. The monoisotopic (exact) mass is 289 g/mol. The SMILES string of the molecule is S.[Cd].[Cu].[GeH4]. The minimum absolute atomic E-state index is 0. The fourth-order valence-electron chi connectivity index (χ4n) is 0. The summed E-state index contributed by atoms with van der Waals surface area (Å²) >= 11 is 0. The second-order valence-electron chi connectivity index (χ2n) is 0. The summed E-state index contributed by atoms with van der Waals surface area (Å²) in [7, 11) is 0. The van der Waals surface area contributed by atoms with Gasteiger partial charge in [0.2, 0.25) is 0 Å². The van der Waals surface area contributed by atoms with Crippen LogP contribution in [0.4, 0.5) is 0 Å². The molecule has 0 saturated heterocycles. The standard InChI is InChI=1S/Cd.Cu.GeH4.H2S/h;;1H4;1H2. The van der Waals surface area contributed by atoms with E-state index in [1.807, 2.05) is 0 Å². The van der Waals surface area contributed by atoms with Gasteiger partial charge in [-0.15, -0.1) is 0 Å². The maximum absolute atomic E-state index is 0. The summed E-state index contributed by atoms with van der Waals surface area (Å²) < 4.78 is 0. The number of rotatable bonds is 0. The Labute approximate surface area is 74.5 Å². The van der Waals surface area contributed by atoms with Gasteiger partial charge in [0.15, 0.2) is 0 Å². The van der Waals surface area contributed by atoms with E-state index in [-0.39, 0.29) is 75.5 Å². The van der Waals surface area contributed by atoms with Crippen LogP contribution in [0.5, 0.6) is 0 Å². The van der Waals surface area contributed by atoms with Crippen LogP contribution in [-0.4, -0.2) is 17.6 Å². The molecule has 0 N–H and O–H groups in total. The van der Waals surface area contributed by atoms with Crippen molar-refractivity contribution in [2.24, 2.45) is 0 Å². The predicted molar refractivity (Wildman–Crippen MR) is 21.7 cm³/mol. The van der Waals surface area contributed by atoms with Crippen molar-refractivity contribution in [1.29, 1.82) is 0 Å². The van der Waals surface area contributed by atoms with E-state index in [4.69, 9.17) is 0 Å². The zero-order chi connectivity index (χ0) is 0. The van der Waals surface area contributed by atoms with Crippen LogP contribution >= 0.6 is 13.5 Å². The fourth-order valence-corrected chi connectivity index (χ4v) is 0. The van der Waals surface area contributed by atoms with Crippen molar-refractivity contribution in [3.8, 4) is 0 Å². The van der Waals surface area contributed by atoms with Crippen molar-refractivity contribution >= 4 is 31.1 Å². The zero-order valence-corrected chi connectivity index (χ0v) is 7.49. The second-order valence-corrected chi connectivity index (χ2v) is 0. The number of hydrogen-bond donors (Lipinski definition) is 0. The molecule has 0 aliphatic carbocycles. The van der Waals surface area contributed by atoms with E-state index in [1.54, 1.807) is 0 Å². The van der Waals surface area contributed by atoms with Gasteiger partial charge in [0.25, 0.3) is 0 Å². The molecule has 0 bridgehead atoms. The van der Waals surface area contributed by atoms with Crippen molar-refractivity contribution in [3.05, 3.63) is 0 Å². The van der Waals surface area contributed by atoms with Gasteiger partial charge in [0.05, 0.1) is 0 Å². The molecule has 0 fully saturated rings. The normalized spacial score (nSPS) is 0. The van der Waals surface area contributed by atoms with Gasteiger partial charge in [-0.1, -0.05) is 0 Å². The van der Waals surface area contributed by atoms with Crippen LogP contribution in [0, 0.1) is 0 Å². The summed E-state index contributed by atoms with van der Waals surface area (Å²) in [5, 5.41) is 0. The predicted octanol–water partition coefficient (Wildman–Crippen LogP) is -1.34. The van der Waals surface area contributed by atoms with Crippen LogP contribution in [0.1, 0.15) is 0 Å². The van der Waals surface area contributed by atoms with Crippen LogP contribution in [0.25, 0.3) is 0 Å². The fraction of sp³-hybridized carbons (Fsp3) is 0. The van der Waals surface area contributed by atoms with Gasteiger partial charge < -0.3 is 0 Å². The third-order valence-corrected chi connectivity index (χ3v) is 0. The third-order valence-electron chi connectivity index (χ3n) is 0. The molecular formula is H6CdCuGeS. The molecule has 0 aromatic heterocycles. The molecule has 0 atom stereocenters. The second kappa shape index (κ2) is 18.4. The van der Waals surface area contributed by atoms with Crippen molar-refractivity contribution in [3.63, 3.8) is 0 Å². The van der Waals surface area contributed by atoms with Crippen LogP contribution < -0.4 is 0 Å². The Bertz CT molecular complexity index is 8.00.